The Morgan fingerprint density at radius 1 is 1.13 bits per heavy atom. The van der Waals surface area contributed by atoms with Gasteiger partial charge >= 0.3 is 0 Å². The number of nitrogens with one attached hydrogen (secondary N) is 1. The first kappa shape index (κ1) is 17.1. The predicted octanol–water partition coefficient (Wildman–Crippen LogP) is 3.19. The third-order valence-corrected chi connectivity index (χ3v) is 3.51. The number of likely N-dealkylation sites (N-methyl/N-ethyl adjacent to an activating group) is 1. The normalized spacial score (nSPS) is 12.3. The van der Waals surface area contributed by atoms with Gasteiger partial charge in [0.25, 0.3) is 0 Å². The van der Waals surface area contributed by atoms with Crippen LogP contribution < -0.4 is 5.32 Å². The predicted molar refractivity (Wildman–Crippen MR) is 85.8 cm³/mol. The molecular formula is C18H20F2N2O. The fourth-order valence-corrected chi connectivity index (χ4v) is 2.52. The zero-order valence-electron chi connectivity index (χ0n) is 13.4. The molecule has 2 aromatic rings. The Labute approximate surface area is 134 Å². The topological polar surface area (TPSA) is 32.3 Å². The molecule has 1 atom stereocenters. The molecule has 1 N–H and O–H groups in total. The molecule has 0 saturated heterocycles. The molecule has 0 aliphatic carbocycles. The number of halogens is 2. The van der Waals surface area contributed by atoms with Crippen LogP contribution in [0.5, 0.6) is 0 Å². The van der Waals surface area contributed by atoms with Crippen LogP contribution in [-0.2, 0) is 11.3 Å². The summed E-state index contributed by atoms with van der Waals surface area (Å²) in [5.74, 6) is -1.53. The van der Waals surface area contributed by atoms with E-state index >= 15 is 0 Å². The van der Waals surface area contributed by atoms with E-state index < -0.39 is 17.7 Å². The van der Waals surface area contributed by atoms with Gasteiger partial charge < -0.3 is 5.32 Å². The van der Waals surface area contributed by atoms with Crippen LogP contribution in [0.4, 0.5) is 8.78 Å². The quantitative estimate of drug-likeness (QED) is 0.918. The zero-order valence-corrected chi connectivity index (χ0v) is 13.4. The Morgan fingerprint density at radius 2 is 1.78 bits per heavy atom. The number of carbonyl (C=O) groups excluding carboxylic acids is 1. The van der Waals surface area contributed by atoms with Gasteiger partial charge in [-0.2, -0.15) is 0 Å². The summed E-state index contributed by atoms with van der Waals surface area (Å²) in [6.07, 6.45) is 0. The van der Waals surface area contributed by atoms with E-state index in [0.717, 1.165) is 17.2 Å². The minimum absolute atomic E-state index is 0.0731. The van der Waals surface area contributed by atoms with Crippen molar-refractivity contribution in [2.24, 2.45) is 0 Å². The SMILES string of the molecule is Cc1cccc([C@H](C(=O)NCc2cc(F)cc(F)c2)N(C)C)c1. The Hall–Kier alpha value is -2.27. The van der Waals surface area contributed by atoms with Crippen molar-refractivity contribution < 1.29 is 13.6 Å². The molecule has 0 radical (unpaired) electrons. The summed E-state index contributed by atoms with van der Waals surface area (Å²) >= 11 is 0. The lowest BCUT2D eigenvalue weighted by Crippen LogP contribution is -2.36. The third kappa shape index (κ3) is 4.60. The Bertz CT molecular complexity index is 681. The Morgan fingerprint density at radius 3 is 2.35 bits per heavy atom. The second-order valence-corrected chi connectivity index (χ2v) is 5.78. The van der Waals surface area contributed by atoms with Gasteiger partial charge in [0.15, 0.2) is 0 Å². The standard InChI is InChI=1S/C18H20F2N2O/c1-12-5-4-6-14(7-12)17(22(2)3)18(23)21-11-13-8-15(19)10-16(20)9-13/h4-10,17H,11H2,1-3H3,(H,21,23)/t17-/m1/s1. The summed E-state index contributed by atoms with van der Waals surface area (Å²) in [4.78, 5) is 14.3. The van der Waals surface area contributed by atoms with Gasteiger partial charge in [0.1, 0.15) is 17.7 Å². The molecule has 0 bridgehead atoms. The molecular weight excluding hydrogens is 298 g/mol. The molecule has 3 nitrogen and oxygen atoms in total. The molecule has 0 aromatic heterocycles. The maximum atomic E-state index is 13.2. The molecule has 2 aromatic carbocycles. The Kier molecular flexibility index (Phi) is 5.45. The van der Waals surface area contributed by atoms with E-state index in [1.807, 2.05) is 45.3 Å². The van der Waals surface area contributed by atoms with Crippen LogP contribution in [-0.4, -0.2) is 24.9 Å². The maximum Gasteiger partial charge on any atom is 0.242 e. The van der Waals surface area contributed by atoms with Crippen molar-refractivity contribution in [3.8, 4) is 0 Å². The van der Waals surface area contributed by atoms with Crippen LogP contribution in [0.15, 0.2) is 42.5 Å². The minimum Gasteiger partial charge on any atom is -0.350 e. The highest BCUT2D eigenvalue weighted by Gasteiger charge is 2.22. The first-order valence-corrected chi connectivity index (χ1v) is 7.32. The fraction of sp³-hybridized carbons (Fsp3) is 0.278. The van der Waals surface area contributed by atoms with Crippen molar-refractivity contribution in [1.82, 2.24) is 10.2 Å². The molecule has 5 heteroatoms. The third-order valence-electron chi connectivity index (χ3n) is 3.51. The highest BCUT2D eigenvalue weighted by molar-refractivity contribution is 5.83. The van der Waals surface area contributed by atoms with Gasteiger partial charge in [0.2, 0.25) is 5.91 Å². The molecule has 122 valence electrons. The van der Waals surface area contributed by atoms with E-state index in [1.54, 1.807) is 4.90 Å². The average Bonchev–Trinajstić information content (AvgIpc) is 2.44. The number of hydrogen-bond donors (Lipinski definition) is 1. The van der Waals surface area contributed by atoms with Gasteiger partial charge in [-0.3, -0.25) is 9.69 Å². The molecule has 0 fully saturated rings. The van der Waals surface area contributed by atoms with Crippen molar-refractivity contribution in [2.75, 3.05) is 14.1 Å². The number of nitrogens with zero attached hydrogens (tertiary/aromatic N) is 1. The Balaban J connectivity index is 2.13. The summed E-state index contributed by atoms with van der Waals surface area (Å²) in [6, 6.07) is 10.5. The minimum atomic E-state index is -0.655. The van der Waals surface area contributed by atoms with Crippen molar-refractivity contribution in [3.63, 3.8) is 0 Å². The number of rotatable bonds is 5. The monoisotopic (exact) mass is 318 g/mol. The molecule has 0 unspecified atom stereocenters. The summed E-state index contributed by atoms with van der Waals surface area (Å²) in [5, 5.41) is 2.74. The van der Waals surface area contributed by atoms with Crippen LogP contribution in [0.3, 0.4) is 0 Å². The summed E-state index contributed by atoms with van der Waals surface area (Å²) in [5.41, 5.74) is 2.32. The number of hydrogen-bond acceptors (Lipinski definition) is 2. The lowest BCUT2D eigenvalue weighted by Gasteiger charge is -2.24. The second-order valence-electron chi connectivity index (χ2n) is 5.78. The molecule has 0 saturated carbocycles. The highest BCUT2D eigenvalue weighted by Crippen LogP contribution is 2.20. The van der Waals surface area contributed by atoms with Crippen molar-refractivity contribution in [1.29, 1.82) is 0 Å². The van der Waals surface area contributed by atoms with Gasteiger partial charge in [-0.05, 0) is 44.3 Å². The van der Waals surface area contributed by atoms with Gasteiger partial charge in [-0.1, -0.05) is 29.8 Å². The van der Waals surface area contributed by atoms with Crippen LogP contribution in [0, 0.1) is 18.6 Å². The lowest BCUT2D eigenvalue weighted by molar-refractivity contribution is -0.125. The molecule has 0 aliphatic heterocycles. The second kappa shape index (κ2) is 7.33. The summed E-state index contributed by atoms with van der Waals surface area (Å²) < 4.78 is 26.4. The van der Waals surface area contributed by atoms with Crippen LogP contribution in [0.2, 0.25) is 0 Å². The van der Waals surface area contributed by atoms with Gasteiger partial charge in [-0.15, -0.1) is 0 Å². The first-order chi connectivity index (χ1) is 10.9. The molecule has 0 spiro atoms. The van der Waals surface area contributed by atoms with E-state index in [-0.39, 0.29) is 12.5 Å². The summed E-state index contributed by atoms with van der Waals surface area (Å²) in [6.45, 7) is 2.04. The number of benzene rings is 2. The van der Waals surface area contributed by atoms with E-state index in [4.69, 9.17) is 0 Å². The maximum absolute atomic E-state index is 13.2. The molecule has 2 rings (SSSR count). The van der Waals surface area contributed by atoms with Gasteiger partial charge in [0, 0.05) is 12.6 Å². The number of amides is 1. The van der Waals surface area contributed by atoms with Gasteiger partial charge in [0.05, 0.1) is 0 Å². The molecule has 23 heavy (non-hydrogen) atoms. The number of carbonyl (C=O) groups is 1. The lowest BCUT2D eigenvalue weighted by atomic mass is 10.0. The van der Waals surface area contributed by atoms with E-state index in [1.165, 1.54) is 12.1 Å². The molecule has 1 amide bonds. The van der Waals surface area contributed by atoms with Gasteiger partial charge in [-0.25, -0.2) is 8.78 Å². The molecule has 0 aliphatic rings. The van der Waals surface area contributed by atoms with E-state index in [9.17, 15) is 13.6 Å². The van der Waals surface area contributed by atoms with E-state index in [0.29, 0.717) is 5.56 Å². The van der Waals surface area contributed by atoms with Crippen LogP contribution >= 0.6 is 0 Å². The number of aryl methyl sites for hydroxylation is 1. The zero-order chi connectivity index (χ0) is 17.0. The van der Waals surface area contributed by atoms with Crippen molar-refractivity contribution in [2.45, 2.75) is 19.5 Å². The summed E-state index contributed by atoms with van der Waals surface area (Å²) in [7, 11) is 3.63. The fourth-order valence-electron chi connectivity index (χ4n) is 2.52. The van der Waals surface area contributed by atoms with Crippen molar-refractivity contribution >= 4 is 5.91 Å². The molecule has 0 heterocycles. The smallest absolute Gasteiger partial charge is 0.242 e. The largest absolute Gasteiger partial charge is 0.350 e. The van der Waals surface area contributed by atoms with Crippen LogP contribution in [0.25, 0.3) is 0 Å². The van der Waals surface area contributed by atoms with E-state index in [2.05, 4.69) is 5.32 Å². The first-order valence-electron chi connectivity index (χ1n) is 7.32. The highest BCUT2D eigenvalue weighted by atomic mass is 19.1. The van der Waals surface area contributed by atoms with Crippen molar-refractivity contribution in [3.05, 3.63) is 70.8 Å². The average molecular weight is 318 g/mol. The van der Waals surface area contributed by atoms with Crippen LogP contribution in [0.1, 0.15) is 22.7 Å².